The molecule has 6 nitrogen and oxygen atoms in total. The van der Waals surface area contributed by atoms with Crippen molar-refractivity contribution in [2.75, 3.05) is 13.1 Å². The smallest absolute Gasteiger partial charge is 0.335 e. The molecule has 2 aliphatic rings. The van der Waals surface area contributed by atoms with Crippen molar-refractivity contribution >= 4 is 11.7 Å². The number of oxime groups is 1. The minimum atomic E-state index is -0.934. The number of carboxylic acid groups (broad SMARTS) is 1. The molecule has 2 aromatic carbocycles. The minimum Gasteiger partial charge on any atom is -0.478 e. The Kier molecular flexibility index (Phi) is 6.58. The Morgan fingerprint density at radius 2 is 1.76 bits per heavy atom. The monoisotopic (exact) mass is 501 g/mol. The molecule has 1 fully saturated rings. The lowest BCUT2D eigenvalue weighted by Gasteiger charge is -2.37. The number of benzene rings is 2. The lowest BCUT2D eigenvalue weighted by atomic mass is 9.81. The van der Waals surface area contributed by atoms with Crippen LogP contribution in [0.25, 0.3) is 11.1 Å². The van der Waals surface area contributed by atoms with E-state index in [2.05, 4.69) is 54.0 Å². The van der Waals surface area contributed by atoms with Gasteiger partial charge in [0.1, 0.15) is 5.60 Å². The fourth-order valence-corrected chi connectivity index (χ4v) is 5.22. The maximum Gasteiger partial charge on any atom is 0.335 e. The number of likely N-dealkylation sites (tertiary alicyclic amines) is 1. The van der Waals surface area contributed by atoms with Crippen LogP contribution < -0.4 is 0 Å². The molecule has 0 atom stereocenters. The molecule has 0 unspecified atom stereocenters. The molecular weight excluding hydrogens is 469 g/mol. The number of hydrogen-bond acceptors (Lipinski definition) is 5. The number of aromatic carboxylic acids is 1. The Labute approximate surface area is 216 Å². The number of carboxylic acids is 1. The van der Waals surface area contributed by atoms with E-state index in [1.807, 2.05) is 0 Å². The summed E-state index contributed by atoms with van der Waals surface area (Å²) in [5, 5.41) is 13.5. The summed E-state index contributed by atoms with van der Waals surface area (Å²) in [6.45, 7) is 9.26. The molecule has 1 spiro atoms. The fraction of sp³-hybridized carbons (Fsp3) is 0.367. The number of nitrogens with zero attached hydrogens (tertiary/aromatic N) is 3. The number of aromatic nitrogens is 1. The molecule has 1 N–H and O–H groups in total. The predicted octanol–water partition coefficient (Wildman–Crippen LogP) is 6.04. The largest absolute Gasteiger partial charge is 0.478 e. The van der Waals surface area contributed by atoms with Crippen molar-refractivity contribution < 1.29 is 19.1 Å². The molecule has 1 saturated heterocycles. The Hall–Kier alpha value is -3.58. The van der Waals surface area contributed by atoms with E-state index in [0.717, 1.165) is 61.3 Å². The SMILES string of the molecule is CC(C)(C)c1cc(CN2CCC3(CC2)CC(c2ccc(C(=O)O)cc2)=NO3)ccc1-c1ccc(F)nc1. The molecular formula is C30H32FN3O3. The zero-order valence-corrected chi connectivity index (χ0v) is 21.5. The maximum atomic E-state index is 13.4. The second-order valence-electron chi connectivity index (χ2n) is 11.1. The van der Waals surface area contributed by atoms with Crippen molar-refractivity contribution in [1.29, 1.82) is 0 Å². The van der Waals surface area contributed by atoms with E-state index in [1.54, 1.807) is 36.5 Å². The molecule has 192 valence electrons. The molecule has 3 aromatic rings. The van der Waals surface area contributed by atoms with Gasteiger partial charge in [-0.15, -0.1) is 0 Å². The van der Waals surface area contributed by atoms with Crippen LogP contribution in [-0.2, 0) is 16.8 Å². The fourth-order valence-electron chi connectivity index (χ4n) is 5.22. The summed E-state index contributed by atoms with van der Waals surface area (Å²) in [4.78, 5) is 23.4. The zero-order chi connectivity index (χ0) is 26.2. The summed E-state index contributed by atoms with van der Waals surface area (Å²) < 4.78 is 13.4. The second kappa shape index (κ2) is 9.71. The molecule has 37 heavy (non-hydrogen) atoms. The standard InChI is InChI=1S/C30H32FN3O3/c1-29(2,3)25-16-20(4-10-24(25)23-9-11-27(31)32-18-23)19-34-14-12-30(13-15-34)17-26(33-37-30)21-5-7-22(8-6-21)28(35)36/h4-11,16,18H,12-15,17,19H2,1-3H3,(H,35,36). The summed E-state index contributed by atoms with van der Waals surface area (Å²) in [6.07, 6.45) is 4.11. The van der Waals surface area contributed by atoms with Crippen molar-refractivity contribution in [2.45, 2.75) is 57.6 Å². The van der Waals surface area contributed by atoms with Crippen LogP contribution in [0.2, 0.25) is 0 Å². The number of piperidine rings is 1. The molecule has 3 heterocycles. The van der Waals surface area contributed by atoms with E-state index < -0.39 is 11.9 Å². The van der Waals surface area contributed by atoms with Crippen molar-refractivity contribution in [3.8, 4) is 11.1 Å². The van der Waals surface area contributed by atoms with Crippen molar-refractivity contribution in [2.24, 2.45) is 5.16 Å². The van der Waals surface area contributed by atoms with Gasteiger partial charge in [0, 0.05) is 50.7 Å². The number of carbonyl (C=O) groups is 1. The number of pyridine rings is 1. The summed E-state index contributed by atoms with van der Waals surface area (Å²) >= 11 is 0. The molecule has 0 aliphatic carbocycles. The van der Waals surface area contributed by atoms with Gasteiger partial charge in [0.15, 0.2) is 0 Å². The zero-order valence-electron chi connectivity index (χ0n) is 21.5. The van der Waals surface area contributed by atoms with Gasteiger partial charge in [-0.3, -0.25) is 4.90 Å². The van der Waals surface area contributed by atoms with Crippen LogP contribution in [0.4, 0.5) is 4.39 Å². The first-order valence-corrected chi connectivity index (χ1v) is 12.7. The quantitative estimate of drug-likeness (QED) is 0.431. The summed E-state index contributed by atoms with van der Waals surface area (Å²) in [6, 6.07) is 16.6. The third kappa shape index (κ3) is 5.42. The first kappa shape index (κ1) is 25.1. The van der Waals surface area contributed by atoms with Crippen LogP contribution in [-0.4, -0.2) is 45.4 Å². The van der Waals surface area contributed by atoms with Gasteiger partial charge in [-0.25, -0.2) is 9.78 Å². The number of halogens is 1. The molecule has 5 rings (SSSR count). The van der Waals surface area contributed by atoms with Gasteiger partial charge in [-0.2, -0.15) is 4.39 Å². The second-order valence-corrected chi connectivity index (χ2v) is 11.1. The Balaban J connectivity index is 1.24. The molecule has 0 amide bonds. The number of hydrogen-bond donors (Lipinski definition) is 1. The third-order valence-corrected chi connectivity index (χ3v) is 7.41. The highest BCUT2D eigenvalue weighted by atomic mass is 19.1. The van der Waals surface area contributed by atoms with Gasteiger partial charge < -0.3 is 9.94 Å². The van der Waals surface area contributed by atoms with Gasteiger partial charge in [0.2, 0.25) is 5.95 Å². The van der Waals surface area contributed by atoms with Crippen LogP contribution in [0.15, 0.2) is 65.9 Å². The normalized spacial score (nSPS) is 17.5. The van der Waals surface area contributed by atoms with Gasteiger partial charge in [-0.1, -0.05) is 56.3 Å². The van der Waals surface area contributed by atoms with Crippen LogP contribution in [0, 0.1) is 5.95 Å². The van der Waals surface area contributed by atoms with E-state index in [-0.39, 0.29) is 16.6 Å². The molecule has 0 bridgehead atoms. The number of rotatable bonds is 5. The molecule has 0 saturated carbocycles. The van der Waals surface area contributed by atoms with Crippen LogP contribution >= 0.6 is 0 Å². The average Bonchev–Trinajstić information content (AvgIpc) is 3.29. The first-order valence-electron chi connectivity index (χ1n) is 12.7. The van der Waals surface area contributed by atoms with Crippen LogP contribution in [0.3, 0.4) is 0 Å². The molecule has 0 radical (unpaired) electrons. The van der Waals surface area contributed by atoms with E-state index in [0.29, 0.717) is 0 Å². The molecule has 2 aliphatic heterocycles. The highest BCUT2D eigenvalue weighted by Crippen LogP contribution is 2.37. The lowest BCUT2D eigenvalue weighted by molar-refractivity contribution is -0.0627. The van der Waals surface area contributed by atoms with Crippen molar-refractivity contribution in [3.63, 3.8) is 0 Å². The minimum absolute atomic E-state index is 0.0697. The van der Waals surface area contributed by atoms with Gasteiger partial charge >= 0.3 is 5.97 Å². The lowest BCUT2D eigenvalue weighted by Crippen LogP contribution is -2.44. The van der Waals surface area contributed by atoms with E-state index in [1.165, 1.54) is 17.2 Å². The summed E-state index contributed by atoms with van der Waals surface area (Å²) in [5.74, 6) is -1.41. The summed E-state index contributed by atoms with van der Waals surface area (Å²) in [5.41, 5.74) is 6.18. The third-order valence-electron chi connectivity index (χ3n) is 7.41. The Morgan fingerprint density at radius 3 is 2.38 bits per heavy atom. The predicted molar refractivity (Wildman–Crippen MR) is 141 cm³/mol. The highest BCUT2D eigenvalue weighted by Gasteiger charge is 2.42. The maximum absolute atomic E-state index is 13.4. The van der Waals surface area contributed by atoms with Crippen molar-refractivity contribution in [1.82, 2.24) is 9.88 Å². The molecule has 1 aromatic heterocycles. The van der Waals surface area contributed by atoms with Crippen molar-refractivity contribution in [3.05, 3.63) is 89.0 Å². The van der Waals surface area contributed by atoms with Gasteiger partial charge in [-0.05, 0) is 51.9 Å². The highest BCUT2D eigenvalue weighted by molar-refractivity contribution is 6.02. The first-order chi connectivity index (χ1) is 17.6. The van der Waals surface area contributed by atoms with E-state index >= 15 is 0 Å². The Bertz CT molecular complexity index is 1320. The average molecular weight is 502 g/mol. The molecule has 7 heteroatoms. The van der Waals surface area contributed by atoms with Gasteiger partial charge in [0.05, 0.1) is 11.3 Å². The Morgan fingerprint density at radius 1 is 1.05 bits per heavy atom. The van der Waals surface area contributed by atoms with Gasteiger partial charge in [0.25, 0.3) is 0 Å². The topological polar surface area (TPSA) is 75.0 Å². The van der Waals surface area contributed by atoms with E-state index in [4.69, 9.17) is 9.94 Å². The van der Waals surface area contributed by atoms with E-state index in [9.17, 15) is 9.18 Å². The van der Waals surface area contributed by atoms with Crippen LogP contribution in [0.1, 0.15) is 67.1 Å². The summed E-state index contributed by atoms with van der Waals surface area (Å²) in [7, 11) is 0. The van der Waals surface area contributed by atoms with Crippen LogP contribution in [0.5, 0.6) is 0 Å².